The van der Waals surface area contributed by atoms with E-state index < -0.39 is 0 Å². The van der Waals surface area contributed by atoms with Crippen molar-refractivity contribution < 1.29 is 4.79 Å². The van der Waals surface area contributed by atoms with Crippen LogP contribution in [0.4, 0.5) is 0 Å². The molecule has 2 heterocycles. The molecule has 1 aliphatic heterocycles. The molecule has 0 saturated heterocycles. The second kappa shape index (κ2) is 5.77. The van der Waals surface area contributed by atoms with Gasteiger partial charge in [0, 0.05) is 36.7 Å². The second-order valence-corrected chi connectivity index (χ2v) is 4.88. The van der Waals surface area contributed by atoms with E-state index in [4.69, 9.17) is 0 Å². The molecule has 0 spiro atoms. The lowest BCUT2D eigenvalue weighted by atomic mass is 10.1. The molecule has 5 nitrogen and oxygen atoms in total. The predicted octanol–water partition coefficient (Wildman–Crippen LogP) is 1.22. The third kappa shape index (κ3) is 2.66. The molecule has 5 heteroatoms. The Labute approximate surface area is 117 Å². The van der Waals surface area contributed by atoms with Gasteiger partial charge in [0.15, 0.2) is 5.84 Å². The fourth-order valence-corrected chi connectivity index (χ4v) is 2.42. The molecule has 0 bridgehead atoms. The van der Waals surface area contributed by atoms with E-state index in [0.29, 0.717) is 12.4 Å². The first-order chi connectivity index (χ1) is 9.84. The number of nitrogens with zero attached hydrogens (tertiary/aromatic N) is 1. The fraction of sp³-hybridized carbons (Fsp3) is 0.333. The van der Waals surface area contributed by atoms with Gasteiger partial charge < -0.3 is 15.6 Å². The van der Waals surface area contributed by atoms with Crippen molar-refractivity contribution in [2.45, 2.75) is 12.8 Å². The van der Waals surface area contributed by atoms with Gasteiger partial charge in [0.1, 0.15) is 0 Å². The standard InChI is InChI=1S/C15H18N4O/c20-15(14-16-7-3-8-17-14)18-9-6-11-10-19-13-5-2-1-4-12(11)13/h1-2,4-5,10,19H,3,6-9H2,(H,16,17)(H,18,20). The number of H-pyrrole nitrogens is 1. The van der Waals surface area contributed by atoms with Crippen molar-refractivity contribution in [3.63, 3.8) is 0 Å². The zero-order chi connectivity index (χ0) is 13.8. The van der Waals surface area contributed by atoms with Crippen LogP contribution in [0.2, 0.25) is 0 Å². The van der Waals surface area contributed by atoms with Gasteiger partial charge in [-0.25, -0.2) is 0 Å². The van der Waals surface area contributed by atoms with Crippen LogP contribution in [0.1, 0.15) is 12.0 Å². The van der Waals surface area contributed by atoms with Crippen LogP contribution in [0.15, 0.2) is 35.5 Å². The van der Waals surface area contributed by atoms with Crippen LogP contribution in [-0.4, -0.2) is 36.4 Å². The molecule has 0 atom stereocenters. The number of rotatable bonds is 4. The fourth-order valence-electron chi connectivity index (χ4n) is 2.42. The van der Waals surface area contributed by atoms with Gasteiger partial charge in [0.2, 0.25) is 0 Å². The third-order valence-electron chi connectivity index (χ3n) is 3.47. The van der Waals surface area contributed by atoms with Gasteiger partial charge in [-0.2, -0.15) is 0 Å². The van der Waals surface area contributed by atoms with E-state index in [1.54, 1.807) is 0 Å². The lowest BCUT2D eigenvalue weighted by Crippen LogP contribution is -2.43. The zero-order valence-electron chi connectivity index (χ0n) is 11.3. The Bertz CT molecular complexity index is 644. The van der Waals surface area contributed by atoms with E-state index >= 15 is 0 Å². The Kier molecular flexibility index (Phi) is 3.67. The van der Waals surface area contributed by atoms with E-state index in [1.165, 1.54) is 10.9 Å². The van der Waals surface area contributed by atoms with Crippen LogP contribution in [0.25, 0.3) is 10.9 Å². The summed E-state index contributed by atoms with van der Waals surface area (Å²) in [5.74, 6) is 0.361. The lowest BCUT2D eigenvalue weighted by molar-refractivity contribution is -0.115. The van der Waals surface area contributed by atoms with Crippen molar-refractivity contribution in [2.24, 2.45) is 4.99 Å². The smallest absolute Gasteiger partial charge is 0.286 e. The van der Waals surface area contributed by atoms with Crippen molar-refractivity contribution in [2.75, 3.05) is 19.6 Å². The number of carbonyl (C=O) groups is 1. The maximum Gasteiger partial charge on any atom is 0.286 e. The van der Waals surface area contributed by atoms with Crippen LogP contribution in [-0.2, 0) is 11.2 Å². The highest BCUT2D eigenvalue weighted by Gasteiger charge is 2.12. The quantitative estimate of drug-likeness (QED) is 0.782. The maximum atomic E-state index is 11.9. The minimum Gasteiger partial charge on any atom is -0.366 e. The Balaban J connectivity index is 1.57. The molecule has 0 saturated carbocycles. The van der Waals surface area contributed by atoms with Gasteiger partial charge in [-0.15, -0.1) is 0 Å². The molecule has 1 aromatic carbocycles. The van der Waals surface area contributed by atoms with Crippen molar-refractivity contribution in [3.8, 4) is 0 Å². The van der Waals surface area contributed by atoms with Crippen LogP contribution in [0.3, 0.4) is 0 Å². The van der Waals surface area contributed by atoms with E-state index in [9.17, 15) is 4.79 Å². The van der Waals surface area contributed by atoms with Gasteiger partial charge in [-0.3, -0.25) is 9.79 Å². The molecular weight excluding hydrogens is 252 g/mol. The summed E-state index contributed by atoms with van der Waals surface area (Å²) in [6.07, 6.45) is 3.81. The number of nitrogens with one attached hydrogen (secondary N) is 3. The molecule has 0 radical (unpaired) electrons. The number of fused-ring (bicyclic) bond motifs is 1. The summed E-state index contributed by atoms with van der Waals surface area (Å²) < 4.78 is 0. The maximum absolute atomic E-state index is 11.9. The molecule has 0 fully saturated rings. The Hall–Kier alpha value is -2.30. The number of para-hydroxylation sites is 1. The number of hydrogen-bond acceptors (Lipinski definition) is 3. The second-order valence-electron chi connectivity index (χ2n) is 4.88. The van der Waals surface area contributed by atoms with Crippen molar-refractivity contribution in [1.29, 1.82) is 0 Å². The first-order valence-electron chi connectivity index (χ1n) is 6.96. The van der Waals surface area contributed by atoms with Crippen LogP contribution >= 0.6 is 0 Å². The average molecular weight is 270 g/mol. The number of aliphatic imine (C=N–C) groups is 1. The summed E-state index contributed by atoms with van der Waals surface area (Å²) in [6, 6.07) is 8.18. The van der Waals surface area contributed by atoms with Crippen LogP contribution < -0.4 is 10.6 Å². The zero-order valence-corrected chi connectivity index (χ0v) is 11.3. The molecule has 2 aromatic rings. The Morgan fingerprint density at radius 1 is 1.35 bits per heavy atom. The molecule has 1 aliphatic rings. The summed E-state index contributed by atoms with van der Waals surface area (Å²) in [7, 11) is 0. The molecule has 1 aromatic heterocycles. The summed E-state index contributed by atoms with van der Waals surface area (Å²) in [4.78, 5) is 19.3. The molecular formula is C15H18N4O. The molecule has 3 N–H and O–H groups in total. The number of aromatic nitrogens is 1. The first-order valence-corrected chi connectivity index (χ1v) is 6.96. The van der Waals surface area contributed by atoms with E-state index in [0.717, 1.165) is 31.4 Å². The Morgan fingerprint density at radius 2 is 2.25 bits per heavy atom. The largest absolute Gasteiger partial charge is 0.366 e. The van der Waals surface area contributed by atoms with Crippen molar-refractivity contribution in [1.82, 2.24) is 15.6 Å². The monoisotopic (exact) mass is 270 g/mol. The molecule has 0 aliphatic carbocycles. The summed E-state index contributed by atoms with van der Waals surface area (Å²) in [6.45, 7) is 2.17. The van der Waals surface area contributed by atoms with Gasteiger partial charge in [0.25, 0.3) is 5.91 Å². The van der Waals surface area contributed by atoms with Crippen LogP contribution in [0, 0.1) is 0 Å². The molecule has 3 rings (SSSR count). The number of aromatic amines is 1. The number of hydrogen-bond donors (Lipinski definition) is 3. The number of amides is 1. The minimum absolute atomic E-state index is 0.107. The lowest BCUT2D eigenvalue weighted by Gasteiger charge is -2.13. The van der Waals surface area contributed by atoms with Gasteiger partial charge in [-0.05, 0) is 24.5 Å². The SMILES string of the molecule is O=C(NCCc1c[nH]c2ccccc12)C1=NCCCN1. The number of amidine groups is 1. The number of benzene rings is 1. The topological polar surface area (TPSA) is 69.3 Å². The van der Waals surface area contributed by atoms with Crippen molar-refractivity contribution >= 4 is 22.6 Å². The highest BCUT2D eigenvalue weighted by molar-refractivity contribution is 6.37. The summed E-state index contributed by atoms with van der Waals surface area (Å²) in [5.41, 5.74) is 2.35. The average Bonchev–Trinajstić information content (AvgIpc) is 2.92. The highest BCUT2D eigenvalue weighted by atomic mass is 16.2. The molecule has 1 amide bonds. The minimum atomic E-state index is -0.107. The van der Waals surface area contributed by atoms with E-state index in [2.05, 4.69) is 32.7 Å². The highest BCUT2D eigenvalue weighted by Crippen LogP contribution is 2.17. The van der Waals surface area contributed by atoms with Crippen LogP contribution in [0.5, 0.6) is 0 Å². The van der Waals surface area contributed by atoms with Crippen molar-refractivity contribution in [3.05, 3.63) is 36.0 Å². The van der Waals surface area contributed by atoms with Gasteiger partial charge in [0.05, 0.1) is 0 Å². The predicted molar refractivity (Wildman–Crippen MR) is 79.9 cm³/mol. The number of carbonyl (C=O) groups excluding carboxylic acids is 1. The van der Waals surface area contributed by atoms with Gasteiger partial charge in [-0.1, -0.05) is 18.2 Å². The molecule has 0 unspecified atom stereocenters. The van der Waals surface area contributed by atoms with Gasteiger partial charge >= 0.3 is 0 Å². The van der Waals surface area contributed by atoms with E-state index in [-0.39, 0.29) is 5.91 Å². The third-order valence-corrected chi connectivity index (χ3v) is 3.47. The summed E-state index contributed by atoms with van der Waals surface area (Å²) in [5, 5.41) is 7.15. The summed E-state index contributed by atoms with van der Waals surface area (Å²) >= 11 is 0. The first kappa shape index (κ1) is 12.7. The molecule has 20 heavy (non-hydrogen) atoms. The van der Waals surface area contributed by atoms with E-state index in [1.807, 2.05) is 18.3 Å². The normalized spacial score (nSPS) is 14.7. The Morgan fingerprint density at radius 3 is 3.10 bits per heavy atom. The molecule has 104 valence electrons.